The number of halogens is 3. The molecule has 0 N–H and O–H groups in total. The number of methoxy groups -OCH3 is 1. The number of ether oxygens (including phenoxy) is 1. The molecule has 0 atom stereocenters. The maximum Gasteiger partial charge on any atom is 0.426 e. The van der Waals surface area contributed by atoms with Gasteiger partial charge in [0, 0.05) is 0 Å². The number of hydrogen-bond donors (Lipinski definition) is 0. The SMILES string of the molecule is COc1ccc(/N=C/C(F)(F)F)cc1. The first kappa shape index (κ1) is 10.6. The van der Waals surface area contributed by atoms with Crippen molar-refractivity contribution in [1.29, 1.82) is 0 Å². The Labute approximate surface area is 79.0 Å². The van der Waals surface area contributed by atoms with Crippen molar-refractivity contribution in [2.75, 3.05) is 7.11 Å². The molecule has 0 aromatic heterocycles. The van der Waals surface area contributed by atoms with Crippen LogP contribution >= 0.6 is 0 Å². The van der Waals surface area contributed by atoms with Crippen LogP contribution in [0.25, 0.3) is 0 Å². The molecule has 1 aromatic rings. The molecule has 0 aliphatic carbocycles. The van der Waals surface area contributed by atoms with Crippen LogP contribution in [-0.2, 0) is 0 Å². The molecule has 0 saturated heterocycles. The minimum absolute atomic E-state index is 0.0468. The van der Waals surface area contributed by atoms with E-state index in [0.717, 1.165) is 0 Å². The third kappa shape index (κ3) is 3.47. The predicted molar refractivity (Wildman–Crippen MR) is 47.2 cm³/mol. The van der Waals surface area contributed by atoms with E-state index in [9.17, 15) is 13.2 Å². The highest BCUT2D eigenvalue weighted by Gasteiger charge is 2.23. The second kappa shape index (κ2) is 4.13. The standard InChI is InChI=1S/C9H8F3NO/c1-14-8-4-2-7(3-5-8)13-6-9(10,11)12/h2-6H,1H3/b13-6+. The third-order valence-electron chi connectivity index (χ3n) is 1.43. The van der Waals surface area contributed by atoms with Gasteiger partial charge in [0.2, 0.25) is 0 Å². The molecule has 0 fully saturated rings. The van der Waals surface area contributed by atoms with Gasteiger partial charge in [0.25, 0.3) is 0 Å². The first-order valence-corrected chi connectivity index (χ1v) is 3.77. The van der Waals surface area contributed by atoms with Gasteiger partial charge >= 0.3 is 6.18 Å². The molecule has 0 bridgehead atoms. The van der Waals surface area contributed by atoms with Crippen molar-refractivity contribution in [3.8, 4) is 5.75 Å². The predicted octanol–water partition coefficient (Wildman–Crippen LogP) is 2.96. The molecule has 1 aromatic carbocycles. The average Bonchev–Trinajstić information content (AvgIpc) is 2.14. The Kier molecular flexibility index (Phi) is 3.11. The number of rotatable bonds is 2. The molecule has 0 radical (unpaired) electrons. The maximum absolute atomic E-state index is 11.7. The molecule has 0 saturated carbocycles. The van der Waals surface area contributed by atoms with Gasteiger partial charge in [-0.2, -0.15) is 13.2 Å². The smallest absolute Gasteiger partial charge is 0.426 e. The number of alkyl halides is 3. The molecular formula is C9H8F3NO. The summed E-state index contributed by atoms with van der Waals surface area (Å²) in [6.45, 7) is 0. The Morgan fingerprint density at radius 1 is 1.21 bits per heavy atom. The second-order valence-corrected chi connectivity index (χ2v) is 2.50. The molecule has 14 heavy (non-hydrogen) atoms. The van der Waals surface area contributed by atoms with Gasteiger partial charge in [0.05, 0.1) is 12.8 Å². The van der Waals surface area contributed by atoms with Gasteiger partial charge < -0.3 is 4.74 Å². The van der Waals surface area contributed by atoms with Crippen molar-refractivity contribution in [3.05, 3.63) is 24.3 Å². The third-order valence-corrected chi connectivity index (χ3v) is 1.43. The quantitative estimate of drug-likeness (QED) is 0.677. The van der Waals surface area contributed by atoms with E-state index >= 15 is 0 Å². The molecule has 0 amide bonds. The summed E-state index contributed by atoms with van der Waals surface area (Å²) >= 11 is 0. The van der Waals surface area contributed by atoms with Crippen LogP contribution < -0.4 is 4.74 Å². The highest BCUT2D eigenvalue weighted by atomic mass is 19.4. The largest absolute Gasteiger partial charge is 0.497 e. The van der Waals surface area contributed by atoms with Gasteiger partial charge in [0.1, 0.15) is 12.0 Å². The van der Waals surface area contributed by atoms with Gasteiger partial charge in [-0.25, -0.2) is 0 Å². The lowest BCUT2D eigenvalue weighted by Crippen LogP contribution is -2.07. The van der Waals surface area contributed by atoms with Crippen molar-refractivity contribution < 1.29 is 17.9 Å². The van der Waals surface area contributed by atoms with Crippen LogP contribution in [0.2, 0.25) is 0 Å². The summed E-state index contributed by atoms with van der Waals surface area (Å²) in [4.78, 5) is 3.25. The molecule has 1 rings (SSSR count). The number of hydrogen-bond acceptors (Lipinski definition) is 2. The summed E-state index contributed by atoms with van der Waals surface area (Å²) in [6.07, 6.45) is -4.42. The summed E-state index contributed by atoms with van der Waals surface area (Å²) in [7, 11) is 1.48. The van der Waals surface area contributed by atoms with Gasteiger partial charge in [-0.15, -0.1) is 0 Å². The monoisotopic (exact) mass is 203 g/mol. The fourth-order valence-electron chi connectivity index (χ4n) is 0.816. The Hall–Kier alpha value is -1.52. The molecule has 0 unspecified atom stereocenters. The van der Waals surface area contributed by atoms with E-state index in [1.165, 1.54) is 19.2 Å². The average molecular weight is 203 g/mol. The van der Waals surface area contributed by atoms with Crippen molar-refractivity contribution in [1.82, 2.24) is 0 Å². The van der Waals surface area contributed by atoms with Gasteiger partial charge in [-0.1, -0.05) is 0 Å². The first-order valence-electron chi connectivity index (χ1n) is 3.77. The minimum Gasteiger partial charge on any atom is -0.497 e. The number of nitrogens with zero attached hydrogens (tertiary/aromatic N) is 1. The van der Waals surface area contributed by atoms with Crippen molar-refractivity contribution in [2.45, 2.75) is 6.18 Å². The van der Waals surface area contributed by atoms with Gasteiger partial charge in [-0.3, -0.25) is 4.99 Å². The van der Waals surface area contributed by atoms with Crippen LogP contribution in [0.1, 0.15) is 0 Å². The summed E-state index contributed by atoms with van der Waals surface area (Å²) in [6, 6.07) is 5.98. The van der Waals surface area contributed by atoms with E-state index < -0.39 is 6.18 Å². The summed E-state index contributed by atoms with van der Waals surface area (Å²) in [5.74, 6) is 0.580. The molecule has 2 nitrogen and oxygen atoms in total. The molecule has 0 heterocycles. The zero-order valence-electron chi connectivity index (χ0n) is 7.38. The van der Waals surface area contributed by atoms with Crippen molar-refractivity contribution in [3.63, 3.8) is 0 Å². The Bertz CT molecular complexity index is 316. The van der Waals surface area contributed by atoms with E-state index in [1.54, 1.807) is 12.1 Å². The first-order chi connectivity index (χ1) is 6.51. The van der Waals surface area contributed by atoms with E-state index in [2.05, 4.69) is 4.99 Å². The zero-order valence-corrected chi connectivity index (χ0v) is 7.38. The topological polar surface area (TPSA) is 21.6 Å². The summed E-state index contributed by atoms with van der Waals surface area (Å²) in [5.41, 5.74) is 0.239. The second-order valence-electron chi connectivity index (χ2n) is 2.50. The summed E-state index contributed by atoms with van der Waals surface area (Å²) < 4.78 is 40.0. The van der Waals surface area contributed by atoms with Crippen LogP contribution in [0, 0.1) is 0 Å². The van der Waals surface area contributed by atoms with E-state index in [0.29, 0.717) is 5.75 Å². The maximum atomic E-state index is 11.7. The van der Waals surface area contributed by atoms with E-state index in [1.807, 2.05) is 0 Å². The van der Waals surface area contributed by atoms with Crippen molar-refractivity contribution >= 4 is 11.9 Å². The van der Waals surface area contributed by atoms with Crippen LogP contribution in [-0.4, -0.2) is 19.5 Å². The molecule has 76 valence electrons. The minimum atomic E-state index is -4.38. The molecule has 0 aliphatic rings. The number of benzene rings is 1. The zero-order chi connectivity index (χ0) is 10.6. The Morgan fingerprint density at radius 2 is 1.79 bits per heavy atom. The summed E-state index contributed by atoms with van der Waals surface area (Å²) in [5, 5.41) is 0. The fraction of sp³-hybridized carbons (Fsp3) is 0.222. The molecule has 0 spiro atoms. The van der Waals surface area contributed by atoms with Crippen molar-refractivity contribution in [2.24, 2.45) is 4.99 Å². The molecule has 0 aliphatic heterocycles. The van der Waals surface area contributed by atoms with Crippen LogP contribution in [0.4, 0.5) is 18.9 Å². The van der Waals surface area contributed by atoms with Crippen LogP contribution in [0.15, 0.2) is 29.3 Å². The lowest BCUT2D eigenvalue weighted by molar-refractivity contribution is -0.0535. The van der Waals surface area contributed by atoms with Crippen LogP contribution in [0.5, 0.6) is 5.75 Å². The highest BCUT2D eigenvalue weighted by molar-refractivity contribution is 5.68. The lowest BCUT2D eigenvalue weighted by atomic mass is 10.3. The normalized spacial score (nSPS) is 12.0. The lowest BCUT2D eigenvalue weighted by Gasteiger charge is -1.99. The van der Waals surface area contributed by atoms with E-state index in [-0.39, 0.29) is 11.9 Å². The Morgan fingerprint density at radius 3 is 2.21 bits per heavy atom. The van der Waals surface area contributed by atoms with Crippen LogP contribution in [0.3, 0.4) is 0 Å². The molecule has 5 heteroatoms. The van der Waals surface area contributed by atoms with E-state index in [4.69, 9.17) is 4.74 Å². The molecular weight excluding hydrogens is 195 g/mol. The van der Waals surface area contributed by atoms with Gasteiger partial charge in [-0.05, 0) is 24.3 Å². The fourth-order valence-corrected chi connectivity index (χ4v) is 0.816. The Balaban J connectivity index is 2.74. The highest BCUT2D eigenvalue weighted by Crippen LogP contribution is 2.19. The number of aliphatic imine (C=N–C) groups is 1. The van der Waals surface area contributed by atoms with Gasteiger partial charge in [0.15, 0.2) is 0 Å².